The van der Waals surface area contributed by atoms with Gasteiger partial charge in [0.15, 0.2) is 0 Å². The standard InChI is InChI=1S/C15H13F3N2O/c16-10-4-1-2-7-13(10)20-14(21)8-9-19-15-11(17)5-3-6-12(15)18/h1-7,19H,8-9H2,(H,20,21). The first-order chi connectivity index (χ1) is 10.1. The fourth-order valence-corrected chi connectivity index (χ4v) is 1.74. The summed E-state index contributed by atoms with van der Waals surface area (Å²) in [6, 6.07) is 9.23. The smallest absolute Gasteiger partial charge is 0.226 e. The predicted octanol–water partition coefficient (Wildman–Crippen LogP) is 3.54. The summed E-state index contributed by atoms with van der Waals surface area (Å²) < 4.78 is 40.0. The van der Waals surface area contributed by atoms with Gasteiger partial charge in [-0.15, -0.1) is 0 Å². The zero-order valence-electron chi connectivity index (χ0n) is 11.0. The van der Waals surface area contributed by atoms with Crippen molar-refractivity contribution in [3.63, 3.8) is 0 Å². The third kappa shape index (κ3) is 3.98. The van der Waals surface area contributed by atoms with Crippen molar-refractivity contribution >= 4 is 17.3 Å². The fourth-order valence-electron chi connectivity index (χ4n) is 1.74. The molecule has 0 heterocycles. The van der Waals surface area contributed by atoms with Crippen molar-refractivity contribution < 1.29 is 18.0 Å². The molecular formula is C15H13F3N2O. The third-order valence-corrected chi connectivity index (χ3v) is 2.76. The van der Waals surface area contributed by atoms with E-state index in [9.17, 15) is 18.0 Å². The van der Waals surface area contributed by atoms with Gasteiger partial charge in [0.25, 0.3) is 0 Å². The maximum Gasteiger partial charge on any atom is 0.226 e. The van der Waals surface area contributed by atoms with Crippen LogP contribution in [0, 0.1) is 17.5 Å². The summed E-state index contributed by atoms with van der Waals surface area (Å²) in [7, 11) is 0. The highest BCUT2D eigenvalue weighted by Gasteiger charge is 2.09. The third-order valence-electron chi connectivity index (χ3n) is 2.76. The lowest BCUT2D eigenvalue weighted by Gasteiger charge is -2.09. The second-order valence-corrected chi connectivity index (χ2v) is 4.30. The molecule has 0 radical (unpaired) electrons. The van der Waals surface area contributed by atoms with Crippen LogP contribution in [0.25, 0.3) is 0 Å². The van der Waals surface area contributed by atoms with Gasteiger partial charge in [0, 0.05) is 13.0 Å². The summed E-state index contributed by atoms with van der Waals surface area (Å²) in [5.74, 6) is -2.46. The molecule has 0 aliphatic heterocycles. The summed E-state index contributed by atoms with van der Waals surface area (Å²) >= 11 is 0. The molecule has 21 heavy (non-hydrogen) atoms. The number of benzene rings is 2. The number of anilines is 2. The van der Waals surface area contributed by atoms with Gasteiger partial charge in [-0.25, -0.2) is 13.2 Å². The van der Waals surface area contributed by atoms with Crippen LogP contribution in [0.3, 0.4) is 0 Å². The van der Waals surface area contributed by atoms with Gasteiger partial charge < -0.3 is 10.6 Å². The molecular weight excluding hydrogens is 281 g/mol. The second-order valence-electron chi connectivity index (χ2n) is 4.30. The molecule has 0 fully saturated rings. The molecule has 2 N–H and O–H groups in total. The predicted molar refractivity (Wildman–Crippen MR) is 74.5 cm³/mol. The number of rotatable bonds is 5. The first-order valence-electron chi connectivity index (χ1n) is 6.30. The lowest BCUT2D eigenvalue weighted by atomic mass is 10.2. The SMILES string of the molecule is O=C(CCNc1c(F)cccc1F)Nc1ccccc1F. The van der Waals surface area contributed by atoms with Gasteiger partial charge in [0.2, 0.25) is 5.91 Å². The van der Waals surface area contributed by atoms with Crippen LogP contribution in [-0.2, 0) is 4.79 Å². The average Bonchev–Trinajstić information content (AvgIpc) is 2.45. The normalized spacial score (nSPS) is 10.2. The van der Waals surface area contributed by atoms with E-state index in [0.29, 0.717) is 0 Å². The molecule has 3 nitrogen and oxygen atoms in total. The molecule has 1 amide bonds. The minimum absolute atomic E-state index is 0.0259. The zero-order chi connectivity index (χ0) is 15.2. The largest absolute Gasteiger partial charge is 0.380 e. The van der Waals surface area contributed by atoms with Crippen molar-refractivity contribution in [1.29, 1.82) is 0 Å². The molecule has 0 aliphatic rings. The number of hydrogen-bond donors (Lipinski definition) is 2. The first-order valence-corrected chi connectivity index (χ1v) is 6.30. The molecule has 0 spiro atoms. The Balaban J connectivity index is 1.86. The zero-order valence-corrected chi connectivity index (χ0v) is 11.0. The molecule has 0 saturated carbocycles. The molecule has 110 valence electrons. The molecule has 0 aliphatic carbocycles. The van der Waals surface area contributed by atoms with Crippen molar-refractivity contribution in [2.24, 2.45) is 0 Å². The van der Waals surface area contributed by atoms with E-state index < -0.39 is 23.4 Å². The summed E-state index contributed by atoms with van der Waals surface area (Å²) in [5, 5.41) is 4.89. The molecule has 0 atom stereocenters. The topological polar surface area (TPSA) is 41.1 Å². The van der Waals surface area contributed by atoms with E-state index in [2.05, 4.69) is 10.6 Å². The van der Waals surface area contributed by atoms with Gasteiger partial charge in [-0.1, -0.05) is 18.2 Å². The molecule has 0 aromatic heterocycles. The Kier molecular flexibility index (Phi) is 4.81. The van der Waals surface area contributed by atoms with Crippen LogP contribution in [-0.4, -0.2) is 12.5 Å². The van der Waals surface area contributed by atoms with E-state index in [1.165, 1.54) is 24.3 Å². The first kappa shape index (κ1) is 14.9. The lowest BCUT2D eigenvalue weighted by Crippen LogP contribution is -2.17. The molecule has 0 bridgehead atoms. The van der Waals surface area contributed by atoms with Gasteiger partial charge in [-0.2, -0.15) is 0 Å². The highest BCUT2D eigenvalue weighted by atomic mass is 19.1. The number of halogens is 3. The van der Waals surface area contributed by atoms with Crippen molar-refractivity contribution in [2.75, 3.05) is 17.2 Å². The van der Waals surface area contributed by atoms with E-state index >= 15 is 0 Å². The Labute approximate surface area is 119 Å². The highest BCUT2D eigenvalue weighted by molar-refractivity contribution is 5.91. The van der Waals surface area contributed by atoms with Crippen LogP contribution in [0.15, 0.2) is 42.5 Å². The molecule has 2 aromatic rings. The van der Waals surface area contributed by atoms with Gasteiger partial charge in [0.1, 0.15) is 23.1 Å². The minimum atomic E-state index is -0.732. The maximum atomic E-state index is 13.3. The Bertz CT molecular complexity index is 626. The molecule has 0 saturated heterocycles. The number of carbonyl (C=O) groups is 1. The van der Waals surface area contributed by atoms with Crippen molar-refractivity contribution in [1.82, 2.24) is 0 Å². The Morgan fingerprint density at radius 2 is 1.52 bits per heavy atom. The van der Waals surface area contributed by atoms with Crippen LogP contribution in [0.5, 0.6) is 0 Å². The van der Waals surface area contributed by atoms with Crippen LogP contribution < -0.4 is 10.6 Å². The van der Waals surface area contributed by atoms with Crippen molar-refractivity contribution in [3.8, 4) is 0 Å². The number of amides is 1. The number of nitrogens with one attached hydrogen (secondary N) is 2. The number of carbonyl (C=O) groups excluding carboxylic acids is 1. The summed E-state index contributed by atoms with van der Waals surface area (Å²) in [4.78, 5) is 11.6. The van der Waals surface area contributed by atoms with Crippen LogP contribution in [0.2, 0.25) is 0 Å². The summed E-state index contributed by atoms with van der Waals surface area (Å²) in [5.41, 5.74) is -0.212. The van der Waals surface area contributed by atoms with E-state index in [4.69, 9.17) is 0 Å². The second kappa shape index (κ2) is 6.78. The Hall–Kier alpha value is -2.50. The van der Waals surface area contributed by atoms with Crippen LogP contribution in [0.4, 0.5) is 24.5 Å². The highest BCUT2D eigenvalue weighted by Crippen LogP contribution is 2.18. The van der Waals surface area contributed by atoms with Crippen molar-refractivity contribution in [3.05, 3.63) is 59.9 Å². The van der Waals surface area contributed by atoms with E-state index in [1.807, 2.05) is 0 Å². The number of para-hydroxylation sites is 2. The van der Waals surface area contributed by atoms with E-state index in [1.54, 1.807) is 6.07 Å². The Morgan fingerprint density at radius 1 is 0.905 bits per heavy atom. The average molecular weight is 294 g/mol. The maximum absolute atomic E-state index is 13.3. The number of hydrogen-bond acceptors (Lipinski definition) is 2. The van der Waals surface area contributed by atoms with E-state index in [0.717, 1.165) is 12.1 Å². The summed E-state index contributed by atoms with van der Waals surface area (Å²) in [6.07, 6.45) is -0.0535. The van der Waals surface area contributed by atoms with Gasteiger partial charge in [-0.05, 0) is 24.3 Å². The molecule has 2 aromatic carbocycles. The molecule has 2 rings (SSSR count). The molecule has 0 unspecified atom stereocenters. The van der Waals surface area contributed by atoms with Gasteiger partial charge in [-0.3, -0.25) is 4.79 Å². The minimum Gasteiger partial charge on any atom is -0.380 e. The van der Waals surface area contributed by atoms with Crippen molar-refractivity contribution in [2.45, 2.75) is 6.42 Å². The van der Waals surface area contributed by atoms with Gasteiger partial charge >= 0.3 is 0 Å². The summed E-state index contributed by atoms with van der Waals surface area (Å²) in [6.45, 7) is 0.0259. The van der Waals surface area contributed by atoms with Crippen LogP contribution in [0.1, 0.15) is 6.42 Å². The van der Waals surface area contributed by atoms with Gasteiger partial charge in [0.05, 0.1) is 5.69 Å². The quantitative estimate of drug-likeness (QED) is 0.885. The Morgan fingerprint density at radius 3 is 2.19 bits per heavy atom. The van der Waals surface area contributed by atoms with E-state index in [-0.39, 0.29) is 24.3 Å². The monoisotopic (exact) mass is 294 g/mol. The fraction of sp³-hybridized carbons (Fsp3) is 0.133. The molecule has 6 heteroatoms. The van der Waals surface area contributed by atoms with Crippen LogP contribution >= 0.6 is 0 Å². The lowest BCUT2D eigenvalue weighted by molar-refractivity contribution is -0.116.